The molecule has 1 aromatic heterocycles. The van der Waals surface area contributed by atoms with E-state index in [1.807, 2.05) is 6.92 Å². The maximum Gasteiger partial charge on any atom is 0.433 e. The normalized spacial score (nSPS) is 19.3. The lowest BCUT2D eigenvalue weighted by atomic mass is 10.0. The molecule has 10 nitrogen and oxygen atoms in total. The Balaban J connectivity index is 1.79. The van der Waals surface area contributed by atoms with Gasteiger partial charge in [0, 0.05) is 37.5 Å². The number of alkyl carbamates (subject to hydrolysis) is 1. The SMILES string of the molecule is CC(C)c1nc2c(c(C(F)(F)F)n1)CCN(C(=O)C[C@@H](CN1C[C@@H](C)OCC1=O)NC(=O)OC(C)(C)C)C2. The number of alkyl halides is 3. The van der Waals surface area contributed by atoms with Crippen molar-refractivity contribution in [3.63, 3.8) is 0 Å². The van der Waals surface area contributed by atoms with E-state index in [0.29, 0.717) is 6.54 Å². The second kappa shape index (κ2) is 11.4. The van der Waals surface area contributed by atoms with Crippen molar-refractivity contribution in [3.8, 4) is 0 Å². The summed E-state index contributed by atoms with van der Waals surface area (Å²) >= 11 is 0. The van der Waals surface area contributed by atoms with E-state index in [2.05, 4.69) is 15.3 Å². The molecule has 0 aromatic carbocycles. The van der Waals surface area contributed by atoms with E-state index in [4.69, 9.17) is 9.47 Å². The van der Waals surface area contributed by atoms with Crippen molar-refractivity contribution in [1.29, 1.82) is 0 Å². The molecule has 0 radical (unpaired) electrons. The van der Waals surface area contributed by atoms with Crippen molar-refractivity contribution in [2.75, 3.05) is 26.2 Å². The Morgan fingerprint density at radius 3 is 2.50 bits per heavy atom. The van der Waals surface area contributed by atoms with Crippen LogP contribution in [0.4, 0.5) is 18.0 Å². The van der Waals surface area contributed by atoms with Crippen LogP contribution in [0.2, 0.25) is 0 Å². The minimum absolute atomic E-state index is 0.00211. The molecule has 1 aromatic rings. The van der Waals surface area contributed by atoms with E-state index in [-0.39, 0.29) is 80.0 Å². The second-order valence-corrected chi connectivity index (χ2v) is 11.0. The van der Waals surface area contributed by atoms with Crippen molar-refractivity contribution < 1.29 is 37.0 Å². The van der Waals surface area contributed by atoms with Crippen LogP contribution in [0.1, 0.15) is 76.7 Å². The lowest BCUT2D eigenvalue weighted by Crippen LogP contribution is -2.53. The van der Waals surface area contributed by atoms with Gasteiger partial charge < -0.3 is 24.6 Å². The Bertz CT molecular complexity index is 1060. The summed E-state index contributed by atoms with van der Waals surface area (Å²) in [6.07, 6.45) is -5.80. The molecule has 0 bridgehead atoms. The third-order valence-corrected chi connectivity index (χ3v) is 6.12. The van der Waals surface area contributed by atoms with Gasteiger partial charge in [0.25, 0.3) is 0 Å². The zero-order chi connectivity index (χ0) is 28.4. The minimum Gasteiger partial charge on any atom is -0.444 e. The summed E-state index contributed by atoms with van der Waals surface area (Å²) < 4.78 is 51.8. The Hall–Kier alpha value is -2.96. The largest absolute Gasteiger partial charge is 0.444 e. The molecule has 0 unspecified atom stereocenters. The molecule has 2 aliphatic heterocycles. The molecule has 3 amide bonds. The van der Waals surface area contributed by atoms with Crippen LogP contribution in [-0.2, 0) is 38.2 Å². The standard InChI is InChI=1S/C25H36F3N5O5/c1-14(2)22-30-18-12-32(8-7-17(18)21(31-22)25(26,27)28)19(34)9-16(29-23(36)38-24(4,5)6)11-33-10-15(3)37-13-20(33)35/h14-16H,7-13H2,1-6H3,(H,29,36)/t15-,16+/m1/s1. The molecule has 1 N–H and O–H groups in total. The van der Waals surface area contributed by atoms with Crippen LogP contribution < -0.4 is 5.32 Å². The van der Waals surface area contributed by atoms with Crippen molar-refractivity contribution in [1.82, 2.24) is 25.1 Å². The first-order chi connectivity index (χ1) is 17.5. The van der Waals surface area contributed by atoms with Gasteiger partial charge in [-0.15, -0.1) is 0 Å². The van der Waals surface area contributed by atoms with Crippen molar-refractivity contribution in [2.24, 2.45) is 0 Å². The van der Waals surface area contributed by atoms with Crippen molar-refractivity contribution in [2.45, 2.75) is 90.8 Å². The highest BCUT2D eigenvalue weighted by molar-refractivity contribution is 5.80. The van der Waals surface area contributed by atoms with Crippen LogP contribution in [0.25, 0.3) is 0 Å². The number of aromatic nitrogens is 2. The minimum atomic E-state index is -4.63. The van der Waals surface area contributed by atoms with Gasteiger partial charge in [-0.2, -0.15) is 13.2 Å². The summed E-state index contributed by atoms with van der Waals surface area (Å²) in [7, 11) is 0. The Morgan fingerprint density at radius 2 is 1.89 bits per heavy atom. The molecule has 0 spiro atoms. The van der Waals surface area contributed by atoms with Gasteiger partial charge in [0.2, 0.25) is 11.8 Å². The number of rotatable bonds is 6. The third kappa shape index (κ3) is 7.78. The Morgan fingerprint density at radius 1 is 1.21 bits per heavy atom. The summed E-state index contributed by atoms with van der Waals surface area (Å²) in [5.74, 6) is -0.919. The average molecular weight is 544 g/mol. The van der Waals surface area contributed by atoms with Gasteiger partial charge in [-0.25, -0.2) is 14.8 Å². The monoisotopic (exact) mass is 543 g/mol. The van der Waals surface area contributed by atoms with Crippen molar-refractivity contribution >= 4 is 17.9 Å². The number of carbonyl (C=O) groups is 3. The summed E-state index contributed by atoms with van der Waals surface area (Å²) in [6, 6.07) is -0.782. The lowest BCUT2D eigenvalue weighted by molar-refractivity contribution is -0.149. The number of hydrogen-bond acceptors (Lipinski definition) is 7. The van der Waals surface area contributed by atoms with Crippen LogP contribution in [0.5, 0.6) is 0 Å². The average Bonchev–Trinajstić information content (AvgIpc) is 2.78. The number of carbonyl (C=O) groups excluding carboxylic acids is 3. The van der Waals surface area contributed by atoms with Crippen LogP contribution in [0, 0.1) is 0 Å². The third-order valence-electron chi connectivity index (χ3n) is 6.12. The van der Waals surface area contributed by atoms with Gasteiger partial charge >= 0.3 is 12.3 Å². The molecule has 1 saturated heterocycles. The molecule has 2 atom stereocenters. The van der Waals surface area contributed by atoms with Crippen LogP contribution in [0.3, 0.4) is 0 Å². The fraction of sp³-hybridized carbons (Fsp3) is 0.720. The number of hydrogen-bond donors (Lipinski definition) is 1. The van der Waals surface area contributed by atoms with E-state index < -0.39 is 29.6 Å². The van der Waals surface area contributed by atoms with Crippen LogP contribution in [0.15, 0.2) is 0 Å². The number of morpholine rings is 1. The predicted molar refractivity (Wildman–Crippen MR) is 130 cm³/mol. The van der Waals surface area contributed by atoms with Gasteiger partial charge in [-0.3, -0.25) is 9.59 Å². The van der Waals surface area contributed by atoms with Gasteiger partial charge in [0.15, 0.2) is 5.69 Å². The first-order valence-corrected chi connectivity index (χ1v) is 12.7. The number of halogens is 3. The summed E-state index contributed by atoms with van der Waals surface area (Å²) in [4.78, 5) is 49.2. The first kappa shape index (κ1) is 29.6. The van der Waals surface area contributed by atoms with Gasteiger partial charge in [0.05, 0.1) is 24.4 Å². The fourth-order valence-electron chi connectivity index (χ4n) is 4.34. The molecule has 212 valence electrons. The highest BCUT2D eigenvalue weighted by Gasteiger charge is 2.40. The van der Waals surface area contributed by atoms with Gasteiger partial charge in [-0.05, 0) is 34.1 Å². The highest BCUT2D eigenvalue weighted by atomic mass is 19.4. The number of nitrogens with one attached hydrogen (secondary N) is 1. The molecular formula is C25H36F3N5O5. The number of fused-ring (bicyclic) bond motifs is 1. The molecule has 3 heterocycles. The summed E-state index contributed by atoms with van der Waals surface area (Å²) in [5, 5.41) is 2.68. The number of nitrogens with zero attached hydrogens (tertiary/aromatic N) is 4. The fourth-order valence-corrected chi connectivity index (χ4v) is 4.34. The van der Waals surface area contributed by atoms with E-state index in [9.17, 15) is 27.6 Å². The maximum atomic E-state index is 13.7. The van der Waals surface area contributed by atoms with E-state index in [1.165, 1.54) is 9.80 Å². The Labute approximate surface area is 220 Å². The quantitative estimate of drug-likeness (QED) is 0.587. The number of ether oxygens (including phenoxy) is 2. The molecule has 1 fully saturated rings. The Kier molecular flexibility index (Phi) is 8.89. The lowest BCUT2D eigenvalue weighted by Gasteiger charge is -2.35. The molecular weight excluding hydrogens is 507 g/mol. The van der Waals surface area contributed by atoms with Crippen LogP contribution >= 0.6 is 0 Å². The molecule has 2 aliphatic rings. The maximum absolute atomic E-state index is 13.7. The number of amides is 3. The van der Waals surface area contributed by atoms with E-state index in [0.717, 1.165) is 0 Å². The molecule has 38 heavy (non-hydrogen) atoms. The molecule has 3 rings (SSSR count). The van der Waals surface area contributed by atoms with Gasteiger partial charge in [0.1, 0.15) is 18.0 Å². The molecule has 0 aliphatic carbocycles. The van der Waals surface area contributed by atoms with Gasteiger partial charge in [-0.1, -0.05) is 13.8 Å². The second-order valence-electron chi connectivity index (χ2n) is 11.0. The van der Waals surface area contributed by atoms with E-state index in [1.54, 1.807) is 34.6 Å². The van der Waals surface area contributed by atoms with E-state index >= 15 is 0 Å². The molecule has 13 heteroatoms. The predicted octanol–water partition coefficient (Wildman–Crippen LogP) is 3.03. The molecule has 0 saturated carbocycles. The zero-order valence-electron chi connectivity index (χ0n) is 22.6. The topological polar surface area (TPSA) is 114 Å². The van der Waals surface area contributed by atoms with Crippen molar-refractivity contribution in [3.05, 3.63) is 22.8 Å². The first-order valence-electron chi connectivity index (χ1n) is 12.7. The van der Waals surface area contributed by atoms with Crippen LogP contribution in [-0.4, -0.2) is 81.7 Å². The summed E-state index contributed by atoms with van der Waals surface area (Å²) in [6.45, 7) is 10.5. The summed E-state index contributed by atoms with van der Waals surface area (Å²) in [5.41, 5.74) is -1.56. The zero-order valence-corrected chi connectivity index (χ0v) is 22.6. The smallest absolute Gasteiger partial charge is 0.433 e. The highest BCUT2D eigenvalue weighted by Crippen LogP contribution is 2.34.